The highest BCUT2D eigenvalue weighted by Crippen LogP contribution is 2.23. The summed E-state index contributed by atoms with van der Waals surface area (Å²) in [6.07, 6.45) is 2.63. The first-order valence-corrected chi connectivity index (χ1v) is 15.6. The van der Waals surface area contributed by atoms with Crippen molar-refractivity contribution in [2.45, 2.75) is 57.7 Å². The molecule has 4 rings (SSSR count). The molecule has 2 amide bonds. The van der Waals surface area contributed by atoms with E-state index in [1.807, 2.05) is 12.1 Å². The highest BCUT2D eigenvalue weighted by atomic mass is 35.5. The fourth-order valence-electron chi connectivity index (χ4n) is 3.65. The Kier molecular flexibility index (Phi) is 14.5. The number of primary amides is 1. The molecule has 4 aromatic rings. The lowest BCUT2D eigenvalue weighted by Crippen LogP contribution is -2.30. The Hall–Kier alpha value is -4.25. The van der Waals surface area contributed by atoms with Gasteiger partial charge in [0.1, 0.15) is 5.60 Å². The molecule has 234 valence electrons. The number of amides is 2. The summed E-state index contributed by atoms with van der Waals surface area (Å²) in [5, 5.41) is 3.02. The van der Waals surface area contributed by atoms with Crippen molar-refractivity contribution in [1.82, 2.24) is 9.29 Å². The first kappa shape index (κ1) is 35.9. The standard InChI is InChI=1S/C20H18ClN3O3S.C8H10.C5H11NO2/c21-17-6-10-20(11-7-17)28(26,27)24(14-19-3-1-2-12-22-19)13-16-4-8-18(9-5-16)23-15-25;1-2-8-6-4-3-5-7-8;1-5(2,3)8-4(6)7/h1-12,15H,13-14H2,(H,23,25);3-7H,2H2,1H3;1-3H3,(H2,6,7). The monoisotopic (exact) mass is 638 g/mol. The highest BCUT2D eigenvalue weighted by Gasteiger charge is 2.25. The van der Waals surface area contributed by atoms with Crippen molar-refractivity contribution in [2.24, 2.45) is 5.73 Å². The third-order valence-corrected chi connectivity index (χ3v) is 7.77. The lowest BCUT2D eigenvalue weighted by Gasteiger charge is -2.22. The molecule has 0 bridgehead atoms. The Morgan fingerprint density at radius 3 is 1.98 bits per heavy atom. The fraction of sp³-hybridized carbons (Fsp3) is 0.242. The van der Waals surface area contributed by atoms with E-state index >= 15 is 0 Å². The second-order valence-electron chi connectivity index (χ2n) is 10.4. The van der Waals surface area contributed by atoms with Crippen LogP contribution in [0, 0.1) is 0 Å². The molecule has 44 heavy (non-hydrogen) atoms. The molecule has 3 N–H and O–H groups in total. The zero-order valence-electron chi connectivity index (χ0n) is 25.3. The lowest BCUT2D eigenvalue weighted by atomic mass is 10.2. The van der Waals surface area contributed by atoms with Gasteiger partial charge in [0.05, 0.1) is 17.1 Å². The summed E-state index contributed by atoms with van der Waals surface area (Å²) >= 11 is 5.89. The second-order valence-corrected chi connectivity index (χ2v) is 12.8. The number of aromatic nitrogens is 1. The Balaban J connectivity index is 0.000000344. The number of carbonyl (C=O) groups is 2. The number of pyridine rings is 1. The number of nitrogens with zero attached hydrogens (tertiary/aromatic N) is 2. The van der Waals surface area contributed by atoms with Crippen molar-refractivity contribution < 1.29 is 22.7 Å². The van der Waals surface area contributed by atoms with Gasteiger partial charge in [0, 0.05) is 23.5 Å². The van der Waals surface area contributed by atoms with E-state index in [2.05, 4.69) is 46.2 Å². The van der Waals surface area contributed by atoms with Gasteiger partial charge in [-0.3, -0.25) is 9.78 Å². The molecule has 0 radical (unpaired) electrons. The number of aryl methyl sites for hydroxylation is 1. The minimum atomic E-state index is -3.77. The van der Waals surface area contributed by atoms with Gasteiger partial charge in [0.25, 0.3) is 0 Å². The zero-order chi connectivity index (χ0) is 32.6. The van der Waals surface area contributed by atoms with E-state index in [0.29, 0.717) is 22.8 Å². The summed E-state index contributed by atoms with van der Waals surface area (Å²) in [5.41, 5.74) is 7.73. The van der Waals surface area contributed by atoms with Crippen LogP contribution in [0.15, 0.2) is 108 Å². The first-order chi connectivity index (χ1) is 20.8. The van der Waals surface area contributed by atoms with Gasteiger partial charge in [-0.15, -0.1) is 0 Å². The minimum Gasteiger partial charge on any atom is -0.444 e. The van der Waals surface area contributed by atoms with E-state index in [-0.39, 0.29) is 18.0 Å². The molecule has 0 aliphatic rings. The van der Waals surface area contributed by atoms with Crippen molar-refractivity contribution in [3.63, 3.8) is 0 Å². The van der Waals surface area contributed by atoms with Crippen LogP contribution in [0.2, 0.25) is 5.02 Å². The van der Waals surface area contributed by atoms with Crippen LogP contribution in [0.3, 0.4) is 0 Å². The summed E-state index contributed by atoms with van der Waals surface area (Å²) in [6, 6.07) is 28.9. The van der Waals surface area contributed by atoms with Gasteiger partial charge in [-0.1, -0.05) is 67.1 Å². The fourth-order valence-corrected chi connectivity index (χ4v) is 5.17. The maximum absolute atomic E-state index is 13.2. The molecular formula is C33H39ClN4O5S. The van der Waals surface area contributed by atoms with Crippen LogP contribution < -0.4 is 11.1 Å². The van der Waals surface area contributed by atoms with Crippen LogP contribution >= 0.6 is 11.6 Å². The van der Waals surface area contributed by atoms with Gasteiger partial charge in [0.2, 0.25) is 16.4 Å². The molecule has 1 aromatic heterocycles. The first-order valence-electron chi connectivity index (χ1n) is 13.8. The Morgan fingerprint density at radius 1 is 0.909 bits per heavy atom. The Labute approximate surface area is 265 Å². The van der Waals surface area contributed by atoms with Gasteiger partial charge in [-0.2, -0.15) is 4.31 Å². The smallest absolute Gasteiger partial charge is 0.405 e. The van der Waals surface area contributed by atoms with Gasteiger partial charge >= 0.3 is 6.09 Å². The number of rotatable bonds is 9. The number of nitrogens with two attached hydrogens (primary N) is 1. The highest BCUT2D eigenvalue weighted by molar-refractivity contribution is 7.89. The lowest BCUT2D eigenvalue weighted by molar-refractivity contribution is -0.105. The van der Waals surface area contributed by atoms with Gasteiger partial charge in [-0.25, -0.2) is 13.2 Å². The molecule has 9 nitrogen and oxygen atoms in total. The number of sulfonamides is 1. The van der Waals surface area contributed by atoms with Crippen molar-refractivity contribution in [1.29, 1.82) is 0 Å². The van der Waals surface area contributed by atoms with Gasteiger partial charge in [0.15, 0.2) is 0 Å². The van der Waals surface area contributed by atoms with Crippen LogP contribution in [-0.4, -0.2) is 35.8 Å². The predicted octanol–water partition coefficient (Wildman–Crippen LogP) is 6.82. The van der Waals surface area contributed by atoms with E-state index in [9.17, 15) is 18.0 Å². The van der Waals surface area contributed by atoms with E-state index in [1.54, 1.807) is 75.5 Å². The van der Waals surface area contributed by atoms with Crippen LogP contribution in [-0.2, 0) is 39.1 Å². The van der Waals surface area contributed by atoms with E-state index in [0.717, 1.165) is 12.0 Å². The molecule has 3 aromatic carbocycles. The number of halogens is 1. The maximum atomic E-state index is 13.2. The number of ether oxygens (including phenoxy) is 1. The van der Waals surface area contributed by atoms with E-state index < -0.39 is 21.7 Å². The predicted molar refractivity (Wildman–Crippen MR) is 174 cm³/mol. The van der Waals surface area contributed by atoms with Crippen LogP contribution in [0.4, 0.5) is 10.5 Å². The second kappa shape index (κ2) is 17.8. The molecule has 0 saturated heterocycles. The SMILES string of the molecule is CC(C)(C)OC(N)=O.CCc1ccccc1.O=CNc1ccc(CN(Cc2ccccn2)S(=O)(=O)c2ccc(Cl)cc2)cc1. The van der Waals surface area contributed by atoms with Crippen LogP contribution in [0.1, 0.15) is 44.5 Å². The largest absolute Gasteiger partial charge is 0.444 e. The number of hydrogen-bond donors (Lipinski definition) is 2. The average Bonchev–Trinajstić information content (AvgIpc) is 2.98. The minimum absolute atomic E-state index is 0.125. The molecule has 0 aliphatic carbocycles. The van der Waals surface area contributed by atoms with Gasteiger partial charge in [-0.05, 0) is 86.8 Å². The average molecular weight is 639 g/mol. The zero-order valence-corrected chi connectivity index (χ0v) is 26.9. The van der Waals surface area contributed by atoms with Gasteiger partial charge < -0.3 is 15.8 Å². The number of hydrogen-bond acceptors (Lipinski definition) is 6. The molecule has 0 atom stereocenters. The molecule has 0 aliphatic heterocycles. The molecule has 11 heteroatoms. The summed E-state index contributed by atoms with van der Waals surface area (Å²) in [6.45, 7) is 7.73. The summed E-state index contributed by atoms with van der Waals surface area (Å²) in [4.78, 5) is 25.0. The maximum Gasteiger partial charge on any atom is 0.405 e. The quantitative estimate of drug-likeness (QED) is 0.193. The molecule has 0 saturated carbocycles. The number of nitrogens with one attached hydrogen (secondary N) is 1. The van der Waals surface area contributed by atoms with Crippen molar-refractivity contribution in [2.75, 3.05) is 5.32 Å². The topological polar surface area (TPSA) is 132 Å². The van der Waals surface area contributed by atoms with Crippen LogP contribution in [0.5, 0.6) is 0 Å². The number of anilines is 1. The molecule has 0 fully saturated rings. The van der Waals surface area contributed by atoms with E-state index in [4.69, 9.17) is 17.3 Å². The van der Waals surface area contributed by atoms with E-state index in [1.165, 1.54) is 22.0 Å². The molecule has 1 heterocycles. The van der Waals surface area contributed by atoms with Crippen LogP contribution in [0.25, 0.3) is 0 Å². The molecular weight excluding hydrogens is 600 g/mol. The van der Waals surface area contributed by atoms with Crippen molar-refractivity contribution in [3.05, 3.63) is 125 Å². The van der Waals surface area contributed by atoms with Crippen molar-refractivity contribution >= 4 is 39.8 Å². The third kappa shape index (κ3) is 13.4. The Morgan fingerprint density at radius 2 is 1.52 bits per heavy atom. The molecule has 0 spiro atoms. The molecule has 0 unspecified atom stereocenters. The van der Waals surface area contributed by atoms with Crippen molar-refractivity contribution in [3.8, 4) is 0 Å². The number of benzene rings is 3. The third-order valence-electron chi connectivity index (χ3n) is 5.71. The summed E-state index contributed by atoms with van der Waals surface area (Å²) in [7, 11) is -3.77. The Bertz CT molecular complexity index is 1530. The summed E-state index contributed by atoms with van der Waals surface area (Å²) in [5.74, 6) is 0. The number of carbonyl (C=O) groups excluding carboxylic acids is 2. The normalized spacial score (nSPS) is 10.9. The summed E-state index contributed by atoms with van der Waals surface area (Å²) < 4.78 is 32.4.